The van der Waals surface area contributed by atoms with Crippen molar-refractivity contribution in [1.82, 2.24) is 4.90 Å². The molecule has 0 saturated carbocycles. The third-order valence-electron chi connectivity index (χ3n) is 5.88. The van der Waals surface area contributed by atoms with Crippen LogP contribution >= 0.6 is 11.6 Å². The SMILES string of the molecule is ClC1=CCC2C(=C1)N1C(=NC3C=CC=CC31)c1cc3ccccc3cc12. The Balaban J connectivity index is 1.65. The molecule has 0 spiro atoms. The summed E-state index contributed by atoms with van der Waals surface area (Å²) < 4.78 is 0. The Morgan fingerprint density at radius 2 is 1.85 bits per heavy atom. The average Bonchev–Trinajstić information content (AvgIpc) is 3.07. The molecule has 0 saturated heterocycles. The number of halogens is 1. The summed E-state index contributed by atoms with van der Waals surface area (Å²) in [6, 6.07) is 13.7. The summed E-state index contributed by atoms with van der Waals surface area (Å²) in [5, 5.41) is 3.39. The molecule has 2 heterocycles. The molecule has 26 heavy (non-hydrogen) atoms. The molecule has 0 aromatic heterocycles. The number of nitrogens with zero attached hydrogens (tertiary/aromatic N) is 2. The Labute approximate surface area is 157 Å². The molecule has 6 rings (SSSR count). The van der Waals surface area contributed by atoms with Gasteiger partial charge >= 0.3 is 0 Å². The lowest BCUT2D eigenvalue weighted by molar-refractivity contribution is 0.404. The molecule has 0 radical (unpaired) electrons. The number of allylic oxidation sites excluding steroid dienone is 6. The van der Waals surface area contributed by atoms with Crippen molar-refractivity contribution in [3.05, 3.63) is 94.7 Å². The molecule has 2 aliphatic heterocycles. The van der Waals surface area contributed by atoms with Crippen molar-refractivity contribution in [2.24, 2.45) is 4.99 Å². The number of rotatable bonds is 0. The molecule has 4 aliphatic rings. The molecule has 2 aromatic rings. The molecule has 2 aliphatic carbocycles. The van der Waals surface area contributed by atoms with Crippen molar-refractivity contribution < 1.29 is 0 Å². The highest BCUT2D eigenvalue weighted by molar-refractivity contribution is 6.31. The maximum atomic E-state index is 6.41. The third-order valence-corrected chi connectivity index (χ3v) is 6.14. The normalized spacial score (nSPS) is 28.0. The first kappa shape index (κ1) is 14.6. The van der Waals surface area contributed by atoms with E-state index >= 15 is 0 Å². The van der Waals surface area contributed by atoms with Crippen LogP contribution in [-0.4, -0.2) is 22.8 Å². The molecule has 0 bridgehead atoms. The second-order valence-corrected chi connectivity index (χ2v) is 7.74. The van der Waals surface area contributed by atoms with Gasteiger partial charge < -0.3 is 4.90 Å². The Bertz CT molecular complexity index is 1100. The zero-order valence-corrected chi connectivity index (χ0v) is 14.9. The van der Waals surface area contributed by atoms with E-state index in [1.54, 1.807) is 0 Å². The molecule has 3 heteroatoms. The Morgan fingerprint density at radius 1 is 1.04 bits per heavy atom. The fourth-order valence-electron chi connectivity index (χ4n) is 4.70. The van der Waals surface area contributed by atoms with E-state index < -0.39 is 0 Å². The van der Waals surface area contributed by atoms with Gasteiger partial charge in [-0.25, -0.2) is 0 Å². The minimum atomic E-state index is 0.179. The van der Waals surface area contributed by atoms with Crippen LogP contribution in [-0.2, 0) is 0 Å². The standard InChI is InChI=1S/C23H17ClN2/c24-16-9-10-17-18-11-14-5-1-2-6-15(14)12-19(18)23-25-20-7-3-4-8-21(20)26(23)22(17)13-16/h1-9,11-13,17,20-21H,10H2. The maximum Gasteiger partial charge on any atom is 0.136 e. The van der Waals surface area contributed by atoms with Crippen LogP contribution in [0, 0.1) is 0 Å². The minimum Gasteiger partial charge on any atom is -0.320 e. The molecule has 3 atom stereocenters. The summed E-state index contributed by atoms with van der Waals surface area (Å²) in [7, 11) is 0. The number of aliphatic imine (C=N–C) groups is 1. The predicted octanol–water partition coefficient (Wildman–Crippen LogP) is 5.27. The lowest BCUT2D eigenvalue weighted by Crippen LogP contribution is -2.43. The fraction of sp³-hybridized carbons (Fsp3) is 0.174. The van der Waals surface area contributed by atoms with E-state index in [4.69, 9.17) is 16.6 Å². The van der Waals surface area contributed by atoms with Crippen LogP contribution < -0.4 is 0 Å². The van der Waals surface area contributed by atoms with E-state index in [1.807, 2.05) is 0 Å². The van der Waals surface area contributed by atoms with Crippen LogP contribution in [0.25, 0.3) is 10.8 Å². The van der Waals surface area contributed by atoms with Gasteiger partial charge in [0.15, 0.2) is 0 Å². The molecule has 3 unspecified atom stereocenters. The smallest absolute Gasteiger partial charge is 0.136 e. The van der Waals surface area contributed by atoms with Crippen molar-refractivity contribution >= 4 is 28.2 Å². The summed E-state index contributed by atoms with van der Waals surface area (Å²) in [5.74, 6) is 1.43. The van der Waals surface area contributed by atoms with Crippen molar-refractivity contribution in [1.29, 1.82) is 0 Å². The molecule has 2 aromatic carbocycles. The van der Waals surface area contributed by atoms with Gasteiger partial charge in [-0.05, 0) is 41.0 Å². The third kappa shape index (κ3) is 1.91. The average molecular weight is 357 g/mol. The van der Waals surface area contributed by atoms with Crippen LogP contribution in [0.4, 0.5) is 0 Å². The molecular weight excluding hydrogens is 340 g/mol. The van der Waals surface area contributed by atoms with Crippen molar-refractivity contribution in [3.8, 4) is 0 Å². The van der Waals surface area contributed by atoms with Crippen molar-refractivity contribution in [2.45, 2.75) is 24.4 Å². The molecule has 126 valence electrons. The van der Waals surface area contributed by atoms with Gasteiger partial charge in [0, 0.05) is 22.2 Å². The van der Waals surface area contributed by atoms with E-state index in [0.717, 1.165) is 17.3 Å². The zero-order chi connectivity index (χ0) is 17.3. The van der Waals surface area contributed by atoms with Crippen LogP contribution in [0.5, 0.6) is 0 Å². The molecule has 0 fully saturated rings. The Morgan fingerprint density at radius 3 is 2.73 bits per heavy atom. The largest absolute Gasteiger partial charge is 0.320 e. The number of hydrogen-bond donors (Lipinski definition) is 0. The highest BCUT2D eigenvalue weighted by Crippen LogP contribution is 2.47. The monoisotopic (exact) mass is 356 g/mol. The second kappa shape index (κ2) is 5.21. The number of fused-ring (bicyclic) bond motifs is 9. The van der Waals surface area contributed by atoms with Crippen molar-refractivity contribution in [2.75, 3.05) is 0 Å². The van der Waals surface area contributed by atoms with E-state index in [-0.39, 0.29) is 12.1 Å². The van der Waals surface area contributed by atoms with Gasteiger partial charge in [-0.3, -0.25) is 4.99 Å². The number of benzene rings is 2. The minimum absolute atomic E-state index is 0.179. The maximum absolute atomic E-state index is 6.41. The first-order valence-corrected chi connectivity index (χ1v) is 9.50. The quantitative estimate of drug-likeness (QED) is 0.627. The van der Waals surface area contributed by atoms with Crippen LogP contribution in [0.2, 0.25) is 0 Å². The van der Waals surface area contributed by atoms with Crippen LogP contribution in [0.15, 0.2) is 88.6 Å². The zero-order valence-electron chi connectivity index (χ0n) is 14.1. The number of hydrogen-bond acceptors (Lipinski definition) is 2. The van der Waals surface area contributed by atoms with E-state index in [9.17, 15) is 0 Å². The summed E-state index contributed by atoms with van der Waals surface area (Å²) in [4.78, 5) is 7.52. The van der Waals surface area contributed by atoms with E-state index in [1.165, 1.54) is 27.6 Å². The highest BCUT2D eigenvalue weighted by atomic mass is 35.5. The highest BCUT2D eigenvalue weighted by Gasteiger charge is 2.44. The molecule has 2 nitrogen and oxygen atoms in total. The summed E-state index contributed by atoms with van der Waals surface area (Å²) in [6.45, 7) is 0. The van der Waals surface area contributed by atoms with Gasteiger partial charge in [-0.1, -0.05) is 66.2 Å². The summed E-state index contributed by atoms with van der Waals surface area (Å²) in [5.41, 5.74) is 3.93. The van der Waals surface area contributed by atoms with Gasteiger partial charge in [0.2, 0.25) is 0 Å². The summed E-state index contributed by atoms with van der Waals surface area (Å²) in [6.07, 6.45) is 13.9. The van der Waals surface area contributed by atoms with E-state index in [2.05, 4.69) is 77.8 Å². The second-order valence-electron chi connectivity index (χ2n) is 7.31. The lowest BCUT2D eigenvalue weighted by atomic mass is 9.80. The molecule has 0 N–H and O–H groups in total. The lowest BCUT2D eigenvalue weighted by Gasteiger charge is -2.41. The van der Waals surface area contributed by atoms with E-state index in [0.29, 0.717) is 5.92 Å². The molecule has 0 amide bonds. The van der Waals surface area contributed by atoms with Gasteiger partial charge in [-0.15, -0.1) is 0 Å². The van der Waals surface area contributed by atoms with Crippen molar-refractivity contribution in [3.63, 3.8) is 0 Å². The Kier molecular flexibility index (Phi) is 2.92. The van der Waals surface area contributed by atoms with Gasteiger partial charge in [-0.2, -0.15) is 0 Å². The predicted molar refractivity (Wildman–Crippen MR) is 108 cm³/mol. The topological polar surface area (TPSA) is 15.6 Å². The van der Waals surface area contributed by atoms with Crippen LogP contribution in [0.1, 0.15) is 23.5 Å². The van der Waals surface area contributed by atoms with Gasteiger partial charge in [0.05, 0.1) is 12.1 Å². The van der Waals surface area contributed by atoms with Gasteiger partial charge in [0.1, 0.15) is 5.84 Å². The number of amidine groups is 1. The van der Waals surface area contributed by atoms with Crippen LogP contribution in [0.3, 0.4) is 0 Å². The van der Waals surface area contributed by atoms with Gasteiger partial charge in [0.25, 0.3) is 0 Å². The Hall–Kier alpha value is -2.58. The summed E-state index contributed by atoms with van der Waals surface area (Å²) >= 11 is 6.41. The first-order valence-electron chi connectivity index (χ1n) is 9.12. The molecular formula is C23H17ClN2. The fourth-order valence-corrected chi connectivity index (χ4v) is 4.90. The first-order chi connectivity index (χ1) is 12.8.